The average molecular weight is 328 g/mol. The Bertz CT molecular complexity index is 589. The molecule has 0 spiro atoms. The largest absolute Gasteiger partial charge is 0.309 e. The standard InChI is InChI=1S/C16H16ClF2NS/c1-2-20-16(11-3-8-14(18)15(19)9-11)10-21-13-6-4-12(17)5-7-13/h3-9,16,20H,2,10H2,1H3. The van der Waals surface area contributed by atoms with E-state index in [2.05, 4.69) is 5.32 Å². The van der Waals surface area contributed by atoms with Gasteiger partial charge in [-0.2, -0.15) is 0 Å². The molecule has 0 aromatic heterocycles. The molecule has 0 bridgehead atoms. The van der Waals surface area contributed by atoms with Gasteiger partial charge in [-0.3, -0.25) is 0 Å². The maximum Gasteiger partial charge on any atom is 0.159 e. The lowest BCUT2D eigenvalue weighted by atomic mass is 10.1. The van der Waals surface area contributed by atoms with Crippen LogP contribution in [0, 0.1) is 11.6 Å². The Kier molecular flexibility index (Phi) is 6.03. The molecule has 21 heavy (non-hydrogen) atoms. The van der Waals surface area contributed by atoms with E-state index in [1.165, 1.54) is 12.1 Å². The van der Waals surface area contributed by atoms with Crippen molar-refractivity contribution >= 4 is 23.4 Å². The molecule has 0 aliphatic carbocycles. The highest BCUT2D eigenvalue weighted by molar-refractivity contribution is 7.99. The van der Waals surface area contributed by atoms with Gasteiger partial charge < -0.3 is 5.32 Å². The summed E-state index contributed by atoms with van der Waals surface area (Å²) >= 11 is 7.50. The third-order valence-corrected chi connectivity index (χ3v) is 4.38. The van der Waals surface area contributed by atoms with Gasteiger partial charge in [-0.05, 0) is 48.5 Å². The van der Waals surface area contributed by atoms with Crippen LogP contribution in [0.3, 0.4) is 0 Å². The van der Waals surface area contributed by atoms with Crippen molar-refractivity contribution in [2.75, 3.05) is 12.3 Å². The molecule has 0 heterocycles. The van der Waals surface area contributed by atoms with Crippen molar-refractivity contribution in [1.29, 1.82) is 0 Å². The lowest BCUT2D eigenvalue weighted by Gasteiger charge is -2.18. The number of thioether (sulfide) groups is 1. The summed E-state index contributed by atoms with van der Waals surface area (Å²) in [4.78, 5) is 1.09. The number of benzene rings is 2. The Labute approximate surface area is 132 Å². The van der Waals surface area contributed by atoms with Crippen LogP contribution in [0.4, 0.5) is 8.78 Å². The zero-order valence-electron chi connectivity index (χ0n) is 11.6. The first-order valence-corrected chi connectivity index (χ1v) is 8.03. The maximum atomic E-state index is 13.4. The Morgan fingerprint density at radius 2 is 1.81 bits per heavy atom. The summed E-state index contributed by atoms with van der Waals surface area (Å²) in [5.74, 6) is -0.910. The van der Waals surface area contributed by atoms with Crippen molar-refractivity contribution < 1.29 is 8.78 Å². The number of halogens is 3. The van der Waals surface area contributed by atoms with Gasteiger partial charge in [0.1, 0.15) is 0 Å². The second-order valence-corrected chi connectivity index (χ2v) is 6.08. The summed E-state index contributed by atoms with van der Waals surface area (Å²) < 4.78 is 26.4. The molecule has 0 aliphatic heterocycles. The average Bonchev–Trinajstić information content (AvgIpc) is 2.48. The van der Waals surface area contributed by atoms with Crippen LogP contribution in [0.25, 0.3) is 0 Å². The zero-order valence-corrected chi connectivity index (χ0v) is 13.1. The number of rotatable bonds is 6. The highest BCUT2D eigenvalue weighted by Gasteiger charge is 2.13. The Morgan fingerprint density at radius 1 is 1.10 bits per heavy atom. The second-order valence-electron chi connectivity index (χ2n) is 4.55. The van der Waals surface area contributed by atoms with E-state index in [4.69, 9.17) is 11.6 Å². The summed E-state index contributed by atoms with van der Waals surface area (Å²) in [6, 6.07) is 11.6. The molecule has 1 atom stereocenters. The molecule has 1 unspecified atom stereocenters. The quantitative estimate of drug-likeness (QED) is 0.744. The zero-order chi connectivity index (χ0) is 15.2. The van der Waals surface area contributed by atoms with Crippen LogP contribution >= 0.6 is 23.4 Å². The molecule has 0 saturated heterocycles. The molecule has 0 radical (unpaired) electrons. The van der Waals surface area contributed by atoms with Gasteiger partial charge in [0.2, 0.25) is 0 Å². The molecule has 1 nitrogen and oxygen atoms in total. The normalized spacial score (nSPS) is 12.4. The second kappa shape index (κ2) is 7.78. The van der Waals surface area contributed by atoms with Crippen molar-refractivity contribution in [3.05, 3.63) is 64.7 Å². The van der Waals surface area contributed by atoms with Gasteiger partial charge in [-0.1, -0.05) is 24.6 Å². The third kappa shape index (κ3) is 4.70. The summed E-state index contributed by atoms with van der Waals surface area (Å²) in [6.07, 6.45) is 0. The fourth-order valence-corrected chi connectivity index (χ4v) is 3.08. The van der Waals surface area contributed by atoms with Crippen molar-refractivity contribution in [2.45, 2.75) is 17.9 Å². The van der Waals surface area contributed by atoms with Gasteiger partial charge in [0.25, 0.3) is 0 Å². The molecule has 2 rings (SSSR count). The number of hydrogen-bond acceptors (Lipinski definition) is 2. The Hall–Kier alpha value is -1.10. The first kappa shape index (κ1) is 16.3. The van der Waals surface area contributed by atoms with E-state index >= 15 is 0 Å². The smallest absolute Gasteiger partial charge is 0.159 e. The topological polar surface area (TPSA) is 12.0 Å². The molecule has 2 aromatic rings. The van der Waals surface area contributed by atoms with Gasteiger partial charge in [-0.25, -0.2) is 8.78 Å². The van der Waals surface area contributed by atoms with E-state index in [-0.39, 0.29) is 6.04 Å². The molecule has 0 fully saturated rings. The first-order valence-electron chi connectivity index (χ1n) is 6.67. The summed E-state index contributed by atoms with van der Waals surface area (Å²) in [6.45, 7) is 2.74. The highest BCUT2D eigenvalue weighted by Crippen LogP contribution is 2.26. The lowest BCUT2D eigenvalue weighted by Crippen LogP contribution is -2.23. The minimum Gasteiger partial charge on any atom is -0.309 e. The van der Waals surface area contributed by atoms with Gasteiger partial charge in [0.15, 0.2) is 11.6 Å². The van der Waals surface area contributed by atoms with Crippen LogP contribution in [0.1, 0.15) is 18.5 Å². The van der Waals surface area contributed by atoms with Crippen molar-refractivity contribution in [3.63, 3.8) is 0 Å². The highest BCUT2D eigenvalue weighted by atomic mass is 35.5. The van der Waals surface area contributed by atoms with Crippen molar-refractivity contribution in [2.24, 2.45) is 0 Å². The molecule has 0 saturated carbocycles. The summed E-state index contributed by atoms with van der Waals surface area (Å²) in [7, 11) is 0. The van der Waals surface area contributed by atoms with Crippen LogP contribution in [0.15, 0.2) is 47.4 Å². The van der Waals surface area contributed by atoms with Crippen LogP contribution in [0.5, 0.6) is 0 Å². The van der Waals surface area contributed by atoms with Crippen LogP contribution < -0.4 is 5.32 Å². The first-order chi connectivity index (χ1) is 10.1. The Balaban J connectivity index is 2.07. The van der Waals surface area contributed by atoms with Gasteiger partial charge >= 0.3 is 0 Å². The number of hydrogen-bond donors (Lipinski definition) is 1. The van der Waals surface area contributed by atoms with E-state index in [9.17, 15) is 8.78 Å². The van der Waals surface area contributed by atoms with E-state index in [0.717, 1.165) is 22.8 Å². The van der Waals surface area contributed by atoms with Crippen LogP contribution in [-0.4, -0.2) is 12.3 Å². The van der Waals surface area contributed by atoms with Crippen molar-refractivity contribution in [3.8, 4) is 0 Å². The lowest BCUT2D eigenvalue weighted by molar-refractivity contribution is 0.502. The molecule has 2 aromatic carbocycles. The van der Waals surface area contributed by atoms with Crippen LogP contribution in [-0.2, 0) is 0 Å². The molecule has 1 N–H and O–H groups in total. The minimum atomic E-state index is -0.820. The Morgan fingerprint density at radius 3 is 2.43 bits per heavy atom. The molecular weight excluding hydrogens is 312 g/mol. The molecule has 0 aliphatic rings. The van der Waals surface area contributed by atoms with E-state index in [1.54, 1.807) is 17.8 Å². The maximum absolute atomic E-state index is 13.4. The SMILES string of the molecule is CCNC(CSc1ccc(Cl)cc1)c1ccc(F)c(F)c1. The summed E-state index contributed by atoms with van der Waals surface area (Å²) in [5, 5.41) is 3.99. The minimum absolute atomic E-state index is 0.0363. The van der Waals surface area contributed by atoms with Gasteiger partial charge in [-0.15, -0.1) is 11.8 Å². The number of nitrogens with one attached hydrogen (secondary N) is 1. The fraction of sp³-hybridized carbons (Fsp3) is 0.250. The van der Waals surface area contributed by atoms with Crippen molar-refractivity contribution in [1.82, 2.24) is 5.32 Å². The fourth-order valence-electron chi connectivity index (χ4n) is 1.96. The predicted octanol–water partition coefficient (Wildman–Crippen LogP) is 5.06. The van der Waals surface area contributed by atoms with E-state index in [1.807, 2.05) is 31.2 Å². The molecule has 112 valence electrons. The van der Waals surface area contributed by atoms with E-state index < -0.39 is 11.6 Å². The van der Waals surface area contributed by atoms with Gasteiger partial charge in [0, 0.05) is 21.7 Å². The molecule has 0 amide bonds. The van der Waals surface area contributed by atoms with Gasteiger partial charge in [0.05, 0.1) is 0 Å². The summed E-state index contributed by atoms with van der Waals surface area (Å²) in [5.41, 5.74) is 0.747. The molecular formula is C16H16ClF2NS. The third-order valence-electron chi connectivity index (χ3n) is 3.03. The van der Waals surface area contributed by atoms with E-state index in [0.29, 0.717) is 5.02 Å². The molecule has 5 heteroatoms. The monoisotopic (exact) mass is 327 g/mol. The predicted molar refractivity (Wildman–Crippen MR) is 85.0 cm³/mol. The van der Waals surface area contributed by atoms with Crippen LogP contribution in [0.2, 0.25) is 5.02 Å².